The smallest absolute Gasteiger partial charge is 0.329 e. The number of halogens is 3. The molecule has 0 amide bonds. The third kappa shape index (κ3) is 2.59. The molecule has 3 atom stereocenters. The Bertz CT molecular complexity index is 1200. The zero-order valence-electron chi connectivity index (χ0n) is 16.1. The Morgan fingerprint density at radius 2 is 1.87 bits per heavy atom. The Labute approximate surface area is 168 Å². The second-order valence-corrected chi connectivity index (χ2v) is 8.51. The van der Waals surface area contributed by atoms with Gasteiger partial charge in [-0.25, -0.2) is 18.0 Å². The first kappa shape index (κ1) is 19.3. The van der Waals surface area contributed by atoms with Crippen LogP contribution in [-0.2, 0) is 4.79 Å². The van der Waals surface area contributed by atoms with E-state index in [1.54, 1.807) is 0 Å². The van der Waals surface area contributed by atoms with E-state index < -0.39 is 46.5 Å². The van der Waals surface area contributed by atoms with E-state index >= 15 is 4.39 Å². The molecule has 160 valence electrons. The fraction of sp³-hybridized carbons (Fsp3) is 0.550. The molecule has 2 N–H and O–H groups in total. The topological polar surface area (TPSA) is 95.4 Å². The van der Waals surface area contributed by atoms with E-state index in [1.165, 1.54) is 16.4 Å². The van der Waals surface area contributed by atoms with Gasteiger partial charge in [0.2, 0.25) is 0 Å². The molecule has 7 nitrogen and oxygen atoms in total. The molecule has 5 rings (SSSR count). The number of nitrogens with zero attached hydrogens (tertiary/aromatic N) is 2. The Kier molecular flexibility index (Phi) is 4.15. The Hall–Kier alpha value is -2.62. The number of Topliss-reactive ketones (excluding diaryl/α,β-unsaturated/α-hetero) is 1. The summed E-state index contributed by atoms with van der Waals surface area (Å²) in [5, 5.41) is 9.28. The lowest BCUT2D eigenvalue weighted by Crippen LogP contribution is -2.33. The van der Waals surface area contributed by atoms with Gasteiger partial charge in [0, 0.05) is 30.6 Å². The van der Waals surface area contributed by atoms with Crippen LogP contribution in [0.4, 0.5) is 18.9 Å². The maximum Gasteiger partial charge on any atom is 0.329 e. The molecule has 1 aliphatic heterocycles. The van der Waals surface area contributed by atoms with E-state index in [4.69, 9.17) is 0 Å². The molecule has 0 radical (unpaired) electrons. The molecule has 1 aromatic heterocycles. The van der Waals surface area contributed by atoms with Crippen molar-refractivity contribution in [1.82, 2.24) is 9.55 Å². The summed E-state index contributed by atoms with van der Waals surface area (Å²) in [6.45, 7) is 1.85. The average Bonchev–Trinajstić information content (AvgIpc) is 3.36. The summed E-state index contributed by atoms with van der Waals surface area (Å²) in [5.74, 6) is -2.20. The number of anilines is 1. The number of H-pyrrole nitrogens is 1. The lowest BCUT2D eigenvalue weighted by atomic mass is 10.0. The van der Waals surface area contributed by atoms with Crippen molar-refractivity contribution in [1.29, 1.82) is 0 Å². The number of aliphatic hydroxyl groups is 1. The fourth-order valence-electron chi connectivity index (χ4n) is 5.21. The van der Waals surface area contributed by atoms with Crippen LogP contribution >= 0.6 is 0 Å². The summed E-state index contributed by atoms with van der Waals surface area (Å²) in [6, 6.07) is -0.228. The first-order valence-electron chi connectivity index (χ1n) is 9.96. The predicted octanol–water partition coefficient (Wildman–Crippen LogP) is 1.80. The zero-order chi connectivity index (χ0) is 21.5. The van der Waals surface area contributed by atoms with Crippen LogP contribution in [0.15, 0.2) is 9.59 Å². The molecule has 3 unspecified atom stereocenters. The van der Waals surface area contributed by atoms with Gasteiger partial charge in [0.1, 0.15) is 6.10 Å². The normalized spacial score (nSPS) is 26.3. The number of nitrogens with one attached hydrogen (secondary N) is 1. The summed E-state index contributed by atoms with van der Waals surface area (Å²) in [6.07, 6.45) is -2.72. The van der Waals surface area contributed by atoms with Crippen LogP contribution in [0.25, 0.3) is 10.9 Å². The van der Waals surface area contributed by atoms with Gasteiger partial charge in [0.05, 0.1) is 22.2 Å². The van der Waals surface area contributed by atoms with E-state index in [9.17, 15) is 28.3 Å². The molecule has 2 aromatic rings. The van der Waals surface area contributed by atoms with Crippen molar-refractivity contribution >= 4 is 22.4 Å². The van der Waals surface area contributed by atoms with Crippen LogP contribution in [0.3, 0.4) is 0 Å². The molecule has 10 heteroatoms. The van der Waals surface area contributed by atoms with Crippen LogP contribution in [0.1, 0.15) is 42.9 Å². The molecular formula is C20H20F3N3O4. The van der Waals surface area contributed by atoms with Gasteiger partial charge < -0.3 is 10.0 Å². The molecule has 3 aliphatic rings. The number of hydrogen-bond acceptors (Lipinski definition) is 5. The highest BCUT2D eigenvalue weighted by Gasteiger charge is 2.48. The summed E-state index contributed by atoms with van der Waals surface area (Å²) >= 11 is 0. The van der Waals surface area contributed by atoms with Crippen LogP contribution < -0.4 is 16.1 Å². The summed E-state index contributed by atoms with van der Waals surface area (Å²) in [7, 11) is 0. The van der Waals surface area contributed by atoms with Gasteiger partial charge in [-0.05, 0) is 32.1 Å². The molecule has 0 bridgehead atoms. The average molecular weight is 423 g/mol. The molecule has 1 aromatic carbocycles. The largest absolute Gasteiger partial charge is 0.385 e. The van der Waals surface area contributed by atoms with Crippen LogP contribution in [0.2, 0.25) is 0 Å². The Balaban J connectivity index is 1.78. The van der Waals surface area contributed by atoms with Gasteiger partial charge in [-0.15, -0.1) is 0 Å². The lowest BCUT2D eigenvalue weighted by molar-refractivity contribution is -0.127. The van der Waals surface area contributed by atoms with Gasteiger partial charge in [0.15, 0.2) is 11.6 Å². The van der Waals surface area contributed by atoms with Crippen LogP contribution in [0.5, 0.6) is 0 Å². The van der Waals surface area contributed by atoms with Crippen molar-refractivity contribution in [2.75, 3.05) is 18.0 Å². The van der Waals surface area contributed by atoms with Crippen molar-refractivity contribution in [3.05, 3.63) is 37.8 Å². The van der Waals surface area contributed by atoms with Gasteiger partial charge in [-0.3, -0.25) is 19.1 Å². The molecule has 30 heavy (non-hydrogen) atoms. The number of aryl methyl sites for hydroxylation is 1. The minimum atomic E-state index is -3.26. The number of carbonyl (C=O) groups is 1. The van der Waals surface area contributed by atoms with Crippen LogP contribution in [-0.4, -0.2) is 39.6 Å². The van der Waals surface area contributed by atoms with Gasteiger partial charge in [-0.1, -0.05) is 0 Å². The SMILES string of the molecule is Cc1c(N2CC3CC(O)C(=O)C3C2)c(F)c(C(F)F)c2c(=O)[nH]c(=O)n(C3CC3)c12. The van der Waals surface area contributed by atoms with Gasteiger partial charge >= 0.3 is 5.69 Å². The van der Waals surface area contributed by atoms with Crippen LogP contribution in [0, 0.1) is 24.6 Å². The second kappa shape index (κ2) is 6.44. The van der Waals surface area contributed by atoms with E-state index in [-0.39, 0.29) is 54.0 Å². The quantitative estimate of drug-likeness (QED) is 0.785. The zero-order valence-corrected chi connectivity index (χ0v) is 16.1. The Morgan fingerprint density at radius 1 is 1.17 bits per heavy atom. The molecule has 2 saturated carbocycles. The lowest BCUT2D eigenvalue weighted by Gasteiger charge is -2.26. The van der Waals surface area contributed by atoms with Crippen molar-refractivity contribution in [3.8, 4) is 0 Å². The molecule has 2 heterocycles. The highest BCUT2D eigenvalue weighted by molar-refractivity contribution is 5.92. The standard InChI is InChI=1S/C20H20F3N3O4/c1-7-15-13(19(29)24-20(30)26(15)9-2-3-9)12(18(22)23)14(21)16(7)25-5-8-4-11(27)17(28)10(8)6-25/h8-11,18,27H,2-6H2,1H3,(H,24,29,30). The first-order chi connectivity index (χ1) is 14.2. The number of aromatic amines is 1. The predicted molar refractivity (Wildman–Crippen MR) is 102 cm³/mol. The third-order valence-electron chi connectivity index (χ3n) is 6.68. The molecule has 1 saturated heterocycles. The number of hydrogen-bond donors (Lipinski definition) is 2. The van der Waals surface area contributed by atoms with E-state index in [1.807, 2.05) is 0 Å². The number of rotatable bonds is 3. The highest BCUT2D eigenvalue weighted by Crippen LogP contribution is 2.45. The minimum absolute atomic E-state index is 0.0290. The summed E-state index contributed by atoms with van der Waals surface area (Å²) < 4.78 is 44.6. The molecule has 2 aliphatic carbocycles. The molecule has 0 spiro atoms. The van der Waals surface area contributed by atoms with Crippen molar-refractivity contribution in [2.45, 2.75) is 44.8 Å². The summed E-state index contributed by atoms with van der Waals surface area (Å²) in [4.78, 5) is 40.7. The van der Waals surface area contributed by atoms with Crippen molar-refractivity contribution < 1.29 is 23.1 Å². The first-order valence-corrected chi connectivity index (χ1v) is 9.96. The number of carbonyl (C=O) groups excluding carboxylic acids is 1. The maximum atomic E-state index is 15.4. The number of fused-ring (bicyclic) bond motifs is 2. The number of benzene rings is 1. The van der Waals surface area contributed by atoms with Gasteiger partial charge in [0.25, 0.3) is 12.0 Å². The number of ketones is 1. The third-order valence-corrected chi connectivity index (χ3v) is 6.68. The number of aliphatic hydroxyl groups excluding tert-OH is 1. The monoisotopic (exact) mass is 423 g/mol. The van der Waals surface area contributed by atoms with E-state index in [0.29, 0.717) is 12.8 Å². The van der Waals surface area contributed by atoms with E-state index in [0.717, 1.165) is 0 Å². The van der Waals surface area contributed by atoms with Gasteiger partial charge in [-0.2, -0.15) is 0 Å². The molecule has 3 fully saturated rings. The summed E-state index contributed by atoms with van der Waals surface area (Å²) in [5.41, 5.74) is -2.60. The maximum absolute atomic E-state index is 15.4. The Morgan fingerprint density at radius 3 is 2.47 bits per heavy atom. The molecular weight excluding hydrogens is 403 g/mol. The van der Waals surface area contributed by atoms with E-state index in [2.05, 4.69) is 4.98 Å². The number of aromatic nitrogens is 2. The second-order valence-electron chi connectivity index (χ2n) is 8.51. The van der Waals surface area contributed by atoms with Crippen molar-refractivity contribution in [2.24, 2.45) is 11.8 Å². The minimum Gasteiger partial charge on any atom is -0.385 e. The van der Waals surface area contributed by atoms with Crippen molar-refractivity contribution in [3.63, 3.8) is 0 Å². The number of alkyl halides is 2. The fourth-order valence-corrected chi connectivity index (χ4v) is 5.21. The highest BCUT2D eigenvalue weighted by atomic mass is 19.3.